The number of amides is 1. The quantitative estimate of drug-likeness (QED) is 0.181. The Morgan fingerprint density at radius 1 is 1.10 bits per heavy atom. The van der Waals surface area contributed by atoms with Crippen LogP contribution in [-0.4, -0.2) is 29.1 Å². The van der Waals surface area contributed by atoms with Gasteiger partial charge in [-0.15, -0.1) is 0 Å². The molecule has 5 nitrogen and oxygen atoms in total. The lowest BCUT2D eigenvalue weighted by molar-refractivity contribution is -0.124. The Morgan fingerprint density at radius 2 is 1.85 bits per heavy atom. The summed E-state index contributed by atoms with van der Waals surface area (Å²) in [5.41, 5.74) is 2.81. The SMILES string of the molecule is COc1cc(/C=C2\SC(=Nc3ccccc3)N([C@H]3CCCC[C@@H]3C)C2=O)cc(I)c1OCc1ccc(Br)cc1. The van der Waals surface area contributed by atoms with Gasteiger partial charge in [-0.25, -0.2) is 4.99 Å². The second kappa shape index (κ2) is 12.9. The van der Waals surface area contributed by atoms with Crippen LogP contribution in [0.4, 0.5) is 5.69 Å². The lowest BCUT2D eigenvalue weighted by Crippen LogP contribution is -2.44. The minimum atomic E-state index is 0.0259. The number of aliphatic imine (C=N–C) groups is 1. The largest absolute Gasteiger partial charge is 0.493 e. The van der Waals surface area contributed by atoms with Crippen LogP contribution >= 0.6 is 50.3 Å². The number of carbonyl (C=O) groups excluding carboxylic acids is 1. The van der Waals surface area contributed by atoms with E-state index in [-0.39, 0.29) is 11.9 Å². The van der Waals surface area contributed by atoms with Crippen LogP contribution in [-0.2, 0) is 11.4 Å². The predicted octanol–water partition coefficient (Wildman–Crippen LogP) is 8.82. The molecule has 0 bridgehead atoms. The molecule has 5 rings (SSSR count). The van der Waals surface area contributed by atoms with Crippen molar-refractivity contribution in [2.45, 2.75) is 45.3 Å². The Balaban J connectivity index is 1.44. The number of amidine groups is 1. The zero-order valence-corrected chi connectivity index (χ0v) is 26.5. The number of nitrogens with zero attached hydrogens (tertiary/aromatic N) is 2. The van der Waals surface area contributed by atoms with Crippen LogP contribution in [0.5, 0.6) is 11.5 Å². The highest BCUT2D eigenvalue weighted by atomic mass is 127. The summed E-state index contributed by atoms with van der Waals surface area (Å²) in [6.07, 6.45) is 6.44. The molecule has 39 heavy (non-hydrogen) atoms. The second-order valence-corrected chi connectivity index (χ2v) is 12.9. The van der Waals surface area contributed by atoms with Gasteiger partial charge in [0.25, 0.3) is 5.91 Å². The van der Waals surface area contributed by atoms with E-state index in [1.807, 2.05) is 77.7 Å². The van der Waals surface area contributed by atoms with Crippen LogP contribution in [0.15, 0.2) is 81.1 Å². The highest BCUT2D eigenvalue weighted by Gasteiger charge is 2.41. The molecular formula is C31H30BrIN2O3S. The average molecular weight is 717 g/mol. The molecule has 0 N–H and O–H groups in total. The van der Waals surface area contributed by atoms with Crippen LogP contribution in [0.2, 0.25) is 0 Å². The molecule has 2 fully saturated rings. The number of methoxy groups -OCH3 is 1. The predicted molar refractivity (Wildman–Crippen MR) is 172 cm³/mol. The van der Waals surface area contributed by atoms with Crippen molar-refractivity contribution in [2.24, 2.45) is 10.9 Å². The van der Waals surface area contributed by atoms with Crippen molar-refractivity contribution in [3.63, 3.8) is 0 Å². The van der Waals surface area contributed by atoms with Gasteiger partial charge >= 0.3 is 0 Å². The fraction of sp³-hybridized carbons (Fsp3) is 0.290. The molecule has 2 aliphatic rings. The van der Waals surface area contributed by atoms with Gasteiger partial charge in [0.2, 0.25) is 0 Å². The zero-order chi connectivity index (χ0) is 27.4. The number of para-hydroxylation sites is 1. The first-order chi connectivity index (χ1) is 18.9. The monoisotopic (exact) mass is 716 g/mol. The van der Waals surface area contributed by atoms with E-state index in [2.05, 4.69) is 45.4 Å². The first-order valence-electron chi connectivity index (χ1n) is 13.0. The van der Waals surface area contributed by atoms with E-state index in [1.165, 1.54) is 18.2 Å². The van der Waals surface area contributed by atoms with Gasteiger partial charge in [0.15, 0.2) is 16.7 Å². The summed E-state index contributed by atoms with van der Waals surface area (Å²) >= 11 is 7.19. The molecular weight excluding hydrogens is 687 g/mol. The molecule has 1 saturated heterocycles. The molecule has 0 spiro atoms. The van der Waals surface area contributed by atoms with Crippen molar-refractivity contribution < 1.29 is 14.3 Å². The summed E-state index contributed by atoms with van der Waals surface area (Å²) in [6, 6.07) is 22.0. The molecule has 0 unspecified atom stereocenters. The van der Waals surface area contributed by atoms with Gasteiger partial charge in [0.05, 0.1) is 21.3 Å². The van der Waals surface area contributed by atoms with Gasteiger partial charge in [-0.2, -0.15) is 0 Å². The number of rotatable bonds is 7. The summed E-state index contributed by atoms with van der Waals surface area (Å²) in [7, 11) is 1.64. The van der Waals surface area contributed by atoms with Crippen molar-refractivity contribution in [3.8, 4) is 11.5 Å². The Hall–Kier alpha value is -2.30. The smallest absolute Gasteiger partial charge is 0.267 e. The number of hydrogen-bond acceptors (Lipinski definition) is 5. The lowest BCUT2D eigenvalue weighted by atomic mass is 9.85. The third-order valence-corrected chi connectivity index (χ3v) is 9.37. The molecule has 1 amide bonds. The minimum absolute atomic E-state index is 0.0259. The summed E-state index contributed by atoms with van der Waals surface area (Å²) in [5, 5.41) is 0.757. The molecule has 3 aromatic rings. The first kappa shape index (κ1) is 28.2. The number of hydrogen-bond donors (Lipinski definition) is 0. The first-order valence-corrected chi connectivity index (χ1v) is 15.7. The van der Waals surface area contributed by atoms with E-state index < -0.39 is 0 Å². The van der Waals surface area contributed by atoms with Crippen LogP contribution in [0.3, 0.4) is 0 Å². The molecule has 0 radical (unpaired) electrons. The standard InChI is InChI=1S/C31H30BrIN2O3S/c1-20-8-6-7-11-26(20)35-30(36)28(39-31(35)34-24-9-4-3-5-10-24)18-22-16-25(33)29(27(17-22)37-2)38-19-21-12-14-23(32)15-13-21/h3-5,9-10,12-18,20,26H,6-8,11,19H2,1-2H3/b28-18-,34-31?/t20-,26-/m0/s1. The Labute approximate surface area is 256 Å². The van der Waals surface area contributed by atoms with Gasteiger partial charge in [0, 0.05) is 10.5 Å². The number of thioether (sulfide) groups is 1. The fourth-order valence-corrected chi connectivity index (χ4v) is 7.09. The number of carbonyl (C=O) groups is 1. The number of benzene rings is 3. The van der Waals surface area contributed by atoms with Gasteiger partial charge in [0.1, 0.15) is 6.61 Å². The summed E-state index contributed by atoms with van der Waals surface area (Å²) in [6.45, 7) is 2.69. The lowest BCUT2D eigenvalue weighted by Gasteiger charge is -2.35. The van der Waals surface area contributed by atoms with E-state index in [0.717, 1.165) is 49.3 Å². The van der Waals surface area contributed by atoms with Crippen molar-refractivity contribution in [1.82, 2.24) is 4.90 Å². The van der Waals surface area contributed by atoms with Gasteiger partial charge in [-0.05, 0) is 107 Å². The average Bonchev–Trinajstić information content (AvgIpc) is 3.23. The van der Waals surface area contributed by atoms with E-state index in [0.29, 0.717) is 28.9 Å². The van der Waals surface area contributed by atoms with E-state index >= 15 is 0 Å². The summed E-state index contributed by atoms with van der Waals surface area (Å²) < 4.78 is 13.8. The number of halogens is 2. The van der Waals surface area contributed by atoms with Gasteiger partial charge in [-0.3, -0.25) is 9.69 Å². The molecule has 1 aliphatic heterocycles. The summed E-state index contributed by atoms with van der Waals surface area (Å²) in [5.74, 6) is 1.79. The van der Waals surface area contributed by atoms with Crippen molar-refractivity contribution in [3.05, 3.63) is 90.8 Å². The second-order valence-electron chi connectivity index (χ2n) is 9.79. The Kier molecular flexibility index (Phi) is 9.35. The molecule has 202 valence electrons. The third kappa shape index (κ3) is 6.72. The van der Waals surface area contributed by atoms with E-state index in [4.69, 9.17) is 14.5 Å². The molecule has 1 heterocycles. The molecule has 1 aliphatic carbocycles. The topological polar surface area (TPSA) is 51.1 Å². The Bertz CT molecular complexity index is 1390. The minimum Gasteiger partial charge on any atom is -0.493 e. The highest BCUT2D eigenvalue weighted by Crippen LogP contribution is 2.41. The summed E-state index contributed by atoms with van der Waals surface area (Å²) in [4.78, 5) is 21.4. The van der Waals surface area contributed by atoms with E-state index in [9.17, 15) is 4.79 Å². The Morgan fingerprint density at radius 3 is 2.56 bits per heavy atom. The van der Waals surface area contributed by atoms with Crippen molar-refractivity contribution >= 4 is 73.1 Å². The molecule has 3 aromatic carbocycles. The van der Waals surface area contributed by atoms with Gasteiger partial charge in [-0.1, -0.05) is 66.0 Å². The van der Waals surface area contributed by atoms with Crippen molar-refractivity contribution in [1.29, 1.82) is 0 Å². The zero-order valence-electron chi connectivity index (χ0n) is 21.9. The maximum Gasteiger partial charge on any atom is 0.267 e. The molecule has 2 atom stereocenters. The van der Waals surface area contributed by atoms with Crippen molar-refractivity contribution in [2.75, 3.05) is 7.11 Å². The maximum atomic E-state index is 13.8. The van der Waals surface area contributed by atoms with E-state index in [1.54, 1.807) is 7.11 Å². The molecule has 1 saturated carbocycles. The molecule has 0 aromatic heterocycles. The normalized spacial score (nSPS) is 21.5. The number of ether oxygens (including phenoxy) is 2. The van der Waals surface area contributed by atoms with Crippen LogP contribution < -0.4 is 9.47 Å². The highest BCUT2D eigenvalue weighted by molar-refractivity contribution is 14.1. The molecule has 8 heteroatoms. The van der Waals surface area contributed by atoms with Crippen LogP contribution in [0.1, 0.15) is 43.7 Å². The van der Waals surface area contributed by atoms with Crippen LogP contribution in [0.25, 0.3) is 6.08 Å². The van der Waals surface area contributed by atoms with Gasteiger partial charge < -0.3 is 9.47 Å². The third-order valence-electron chi connectivity index (χ3n) is 7.06. The maximum absolute atomic E-state index is 13.8. The fourth-order valence-electron chi connectivity index (χ4n) is 5.00. The van der Waals surface area contributed by atoms with Crippen LogP contribution in [0, 0.1) is 9.49 Å².